The van der Waals surface area contributed by atoms with Crippen LogP contribution in [0.25, 0.3) is 0 Å². The van der Waals surface area contributed by atoms with Gasteiger partial charge in [-0.3, -0.25) is 4.79 Å². The van der Waals surface area contributed by atoms with E-state index in [9.17, 15) is 4.79 Å². The number of carbonyl (C=O) groups is 1. The number of carbonyl (C=O) groups excluding carboxylic acids is 1. The normalized spacial score (nSPS) is 10.1. The Balaban J connectivity index is 1.92. The highest BCUT2D eigenvalue weighted by Crippen LogP contribution is 2.08. The Morgan fingerprint density at radius 2 is 2.22 bits per heavy atom. The molecule has 0 aliphatic carbocycles. The van der Waals surface area contributed by atoms with E-state index in [-0.39, 0.29) is 5.91 Å². The van der Waals surface area contributed by atoms with E-state index in [1.807, 2.05) is 24.4 Å². The number of anilines is 1. The van der Waals surface area contributed by atoms with Crippen molar-refractivity contribution in [3.05, 3.63) is 40.2 Å². The minimum atomic E-state index is -0.209. The van der Waals surface area contributed by atoms with Gasteiger partial charge in [0.2, 0.25) is 0 Å². The van der Waals surface area contributed by atoms with Crippen molar-refractivity contribution >= 4 is 23.1 Å². The summed E-state index contributed by atoms with van der Waals surface area (Å²) in [5, 5.41) is 15.6. The maximum absolute atomic E-state index is 11.8. The summed E-state index contributed by atoms with van der Waals surface area (Å²) in [6.45, 7) is 3.27. The summed E-state index contributed by atoms with van der Waals surface area (Å²) in [6, 6.07) is 7.34. The predicted molar refractivity (Wildman–Crippen MR) is 71.7 cm³/mol. The smallest absolute Gasteiger partial charge is 0.272 e. The van der Waals surface area contributed by atoms with Crippen molar-refractivity contribution in [3.8, 4) is 0 Å². The van der Waals surface area contributed by atoms with Crippen molar-refractivity contribution < 1.29 is 4.79 Å². The third-order valence-electron chi connectivity index (χ3n) is 2.26. The van der Waals surface area contributed by atoms with Crippen molar-refractivity contribution in [2.75, 3.05) is 11.9 Å². The highest BCUT2D eigenvalue weighted by atomic mass is 32.1. The molecule has 0 aromatic carbocycles. The second-order valence-electron chi connectivity index (χ2n) is 3.60. The van der Waals surface area contributed by atoms with Crippen LogP contribution in [-0.2, 0) is 6.54 Å². The van der Waals surface area contributed by atoms with Crippen LogP contribution in [0.4, 0.5) is 5.82 Å². The molecule has 5 nitrogen and oxygen atoms in total. The van der Waals surface area contributed by atoms with Crippen molar-refractivity contribution in [3.63, 3.8) is 0 Å². The maximum Gasteiger partial charge on any atom is 0.272 e. The molecule has 0 unspecified atom stereocenters. The Bertz CT molecular complexity index is 495. The van der Waals surface area contributed by atoms with Crippen LogP contribution in [-0.4, -0.2) is 22.6 Å². The molecule has 0 saturated heterocycles. The summed E-state index contributed by atoms with van der Waals surface area (Å²) >= 11 is 1.61. The molecule has 0 aliphatic heterocycles. The Kier molecular flexibility index (Phi) is 4.25. The quantitative estimate of drug-likeness (QED) is 0.863. The number of rotatable bonds is 5. The lowest BCUT2D eigenvalue weighted by Crippen LogP contribution is -2.23. The lowest BCUT2D eigenvalue weighted by molar-refractivity contribution is 0.0945. The average Bonchev–Trinajstić information content (AvgIpc) is 2.90. The molecule has 0 aliphatic rings. The summed E-state index contributed by atoms with van der Waals surface area (Å²) in [5.74, 6) is 0.464. The second kappa shape index (κ2) is 6.11. The van der Waals surface area contributed by atoms with E-state index >= 15 is 0 Å². The number of nitrogens with zero attached hydrogens (tertiary/aromatic N) is 2. The van der Waals surface area contributed by atoms with Gasteiger partial charge in [0.25, 0.3) is 5.91 Å². The standard InChI is InChI=1S/C12H14N4OS/c1-2-13-11-6-5-10(15-16-11)12(17)14-8-9-4-3-7-18-9/h3-7H,2,8H2,1H3,(H,13,16)(H,14,17). The monoisotopic (exact) mass is 262 g/mol. The highest BCUT2D eigenvalue weighted by molar-refractivity contribution is 7.09. The third kappa shape index (κ3) is 3.27. The van der Waals surface area contributed by atoms with Crippen molar-refractivity contribution in [1.29, 1.82) is 0 Å². The molecule has 2 heterocycles. The van der Waals surface area contributed by atoms with Crippen LogP contribution >= 0.6 is 11.3 Å². The summed E-state index contributed by atoms with van der Waals surface area (Å²) < 4.78 is 0. The summed E-state index contributed by atoms with van der Waals surface area (Å²) in [6.07, 6.45) is 0. The van der Waals surface area contributed by atoms with E-state index in [2.05, 4.69) is 20.8 Å². The zero-order chi connectivity index (χ0) is 12.8. The maximum atomic E-state index is 11.8. The van der Waals surface area contributed by atoms with Gasteiger partial charge in [-0.15, -0.1) is 21.5 Å². The number of amides is 1. The lowest BCUT2D eigenvalue weighted by Gasteiger charge is -2.04. The predicted octanol–water partition coefficient (Wildman–Crippen LogP) is 1.90. The molecule has 2 aromatic heterocycles. The molecule has 0 spiro atoms. The molecule has 2 aromatic rings. The molecule has 0 saturated carbocycles. The van der Waals surface area contributed by atoms with E-state index in [4.69, 9.17) is 0 Å². The van der Waals surface area contributed by atoms with E-state index < -0.39 is 0 Å². The Morgan fingerprint density at radius 3 is 2.83 bits per heavy atom. The van der Waals surface area contributed by atoms with Gasteiger partial charge in [0.15, 0.2) is 5.69 Å². The second-order valence-corrected chi connectivity index (χ2v) is 4.63. The van der Waals surface area contributed by atoms with Crippen molar-refractivity contribution in [2.24, 2.45) is 0 Å². The Labute approximate surface area is 109 Å². The first-order valence-electron chi connectivity index (χ1n) is 5.67. The zero-order valence-electron chi connectivity index (χ0n) is 10.0. The zero-order valence-corrected chi connectivity index (χ0v) is 10.8. The summed E-state index contributed by atoms with van der Waals surface area (Å²) in [5.41, 5.74) is 0.327. The van der Waals surface area contributed by atoms with Gasteiger partial charge in [-0.1, -0.05) is 6.07 Å². The molecule has 2 rings (SSSR count). The van der Waals surface area contributed by atoms with Crippen LogP contribution < -0.4 is 10.6 Å². The first-order valence-corrected chi connectivity index (χ1v) is 6.55. The van der Waals surface area contributed by atoms with Gasteiger partial charge in [0.1, 0.15) is 5.82 Å². The van der Waals surface area contributed by atoms with Crippen LogP contribution in [0.3, 0.4) is 0 Å². The Morgan fingerprint density at radius 1 is 1.33 bits per heavy atom. The van der Waals surface area contributed by atoms with Gasteiger partial charge in [-0.25, -0.2) is 0 Å². The minimum absolute atomic E-state index is 0.209. The molecule has 0 bridgehead atoms. The molecule has 0 atom stereocenters. The SMILES string of the molecule is CCNc1ccc(C(=O)NCc2cccs2)nn1. The van der Waals surface area contributed by atoms with E-state index in [0.717, 1.165) is 11.4 Å². The van der Waals surface area contributed by atoms with Gasteiger partial charge in [-0.05, 0) is 30.5 Å². The fourth-order valence-corrected chi connectivity index (χ4v) is 2.04. The summed E-state index contributed by atoms with van der Waals surface area (Å²) in [7, 11) is 0. The third-order valence-corrected chi connectivity index (χ3v) is 3.13. The van der Waals surface area contributed by atoms with Gasteiger partial charge in [0.05, 0.1) is 6.54 Å². The number of aromatic nitrogens is 2. The largest absolute Gasteiger partial charge is 0.369 e. The van der Waals surface area contributed by atoms with Crippen LogP contribution in [0.5, 0.6) is 0 Å². The fraction of sp³-hybridized carbons (Fsp3) is 0.250. The van der Waals surface area contributed by atoms with Gasteiger partial charge in [-0.2, -0.15) is 0 Å². The molecule has 18 heavy (non-hydrogen) atoms. The van der Waals surface area contributed by atoms with E-state index in [1.54, 1.807) is 23.5 Å². The minimum Gasteiger partial charge on any atom is -0.369 e. The van der Waals surface area contributed by atoms with Crippen LogP contribution in [0.15, 0.2) is 29.6 Å². The first-order chi connectivity index (χ1) is 8.79. The summed E-state index contributed by atoms with van der Waals surface area (Å²) in [4.78, 5) is 12.9. The molecule has 2 N–H and O–H groups in total. The molecule has 1 amide bonds. The molecular weight excluding hydrogens is 248 g/mol. The molecule has 0 fully saturated rings. The highest BCUT2D eigenvalue weighted by Gasteiger charge is 2.07. The van der Waals surface area contributed by atoms with Crippen LogP contribution in [0, 0.1) is 0 Å². The fourth-order valence-electron chi connectivity index (χ4n) is 1.40. The molecule has 94 valence electrons. The average molecular weight is 262 g/mol. The first kappa shape index (κ1) is 12.5. The molecule has 0 radical (unpaired) electrons. The molecular formula is C12H14N4OS. The number of hydrogen-bond acceptors (Lipinski definition) is 5. The Hall–Kier alpha value is -1.95. The van der Waals surface area contributed by atoms with Crippen LogP contribution in [0.1, 0.15) is 22.3 Å². The van der Waals surface area contributed by atoms with Crippen LogP contribution in [0.2, 0.25) is 0 Å². The van der Waals surface area contributed by atoms with Gasteiger partial charge in [0, 0.05) is 11.4 Å². The molecule has 6 heteroatoms. The van der Waals surface area contributed by atoms with E-state index in [0.29, 0.717) is 18.1 Å². The van der Waals surface area contributed by atoms with Gasteiger partial charge < -0.3 is 10.6 Å². The topological polar surface area (TPSA) is 66.9 Å². The van der Waals surface area contributed by atoms with Crippen molar-refractivity contribution in [2.45, 2.75) is 13.5 Å². The number of thiophene rings is 1. The number of hydrogen-bond donors (Lipinski definition) is 2. The van der Waals surface area contributed by atoms with Gasteiger partial charge >= 0.3 is 0 Å². The number of nitrogens with one attached hydrogen (secondary N) is 2. The van der Waals surface area contributed by atoms with Crippen molar-refractivity contribution in [1.82, 2.24) is 15.5 Å². The lowest BCUT2D eigenvalue weighted by atomic mass is 10.3. The van der Waals surface area contributed by atoms with E-state index in [1.165, 1.54) is 0 Å².